The second kappa shape index (κ2) is 7.98. The number of carbonyl (C=O) groups is 1. The van der Waals surface area contributed by atoms with Crippen LogP contribution < -0.4 is 10.1 Å². The molecule has 1 aromatic heterocycles. The summed E-state index contributed by atoms with van der Waals surface area (Å²) in [6.45, 7) is 2.07. The Morgan fingerprint density at radius 2 is 1.89 bits per heavy atom. The monoisotopic (exact) mass is 391 g/mol. The molecule has 1 amide bonds. The zero-order valence-corrected chi connectivity index (χ0v) is 16.6. The van der Waals surface area contributed by atoms with Crippen LogP contribution in [0.1, 0.15) is 11.1 Å². The van der Waals surface area contributed by atoms with Crippen LogP contribution in [-0.2, 0) is 10.5 Å². The highest BCUT2D eigenvalue weighted by molar-refractivity contribution is 7.99. The highest BCUT2D eigenvalue weighted by Gasteiger charge is 2.14. The third-order valence-electron chi connectivity index (χ3n) is 4.56. The van der Waals surface area contributed by atoms with Gasteiger partial charge in [-0.1, -0.05) is 48.0 Å². The lowest BCUT2D eigenvalue weighted by atomic mass is 10.1. The lowest BCUT2D eigenvalue weighted by Gasteiger charge is -2.10. The van der Waals surface area contributed by atoms with Crippen LogP contribution in [0.25, 0.3) is 21.9 Å². The summed E-state index contributed by atoms with van der Waals surface area (Å²) >= 11 is 1.59. The summed E-state index contributed by atoms with van der Waals surface area (Å²) in [7, 11) is 1.60. The van der Waals surface area contributed by atoms with Crippen molar-refractivity contribution < 1.29 is 13.9 Å². The molecule has 1 N–H and O–H groups in total. The van der Waals surface area contributed by atoms with Crippen molar-refractivity contribution in [3.63, 3.8) is 0 Å². The molecule has 0 bridgehead atoms. The van der Waals surface area contributed by atoms with Crippen molar-refractivity contribution in [3.8, 4) is 5.75 Å². The maximum atomic E-state index is 12.4. The standard InChI is InChI=1S/C23H21NO3S/c1-15-6-5-7-16(10-15)13-28-14-23(25)24-19-12-21-18(11-22(19)26-2)17-8-3-4-9-20(17)27-21/h3-12H,13-14H2,1-2H3,(H,24,25). The molecule has 4 rings (SSSR count). The maximum absolute atomic E-state index is 12.4. The number of carbonyl (C=O) groups excluding carboxylic acids is 1. The van der Waals surface area contributed by atoms with Crippen molar-refractivity contribution in [2.45, 2.75) is 12.7 Å². The third kappa shape index (κ3) is 3.85. The van der Waals surface area contributed by atoms with Crippen LogP contribution in [0.4, 0.5) is 5.69 Å². The number of para-hydroxylation sites is 1. The quantitative estimate of drug-likeness (QED) is 0.453. The van der Waals surface area contributed by atoms with Crippen LogP contribution in [-0.4, -0.2) is 18.8 Å². The molecule has 0 saturated heterocycles. The highest BCUT2D eigenvalue weighted by Crippen LogP contribution is 2.36. The number of aryl methyl sites for hydroxylation is 1. The number of ether oxygens (including phenoxy) is 1. The molecular formula is C23H21NO3S. The van der Waals surface area contributed by atoms with E-state index in [4.69, 9.17) is 9.15 Å². The Morgan fingerprint density at radius 1 is 1.04 bits per heavy atom. The van der Waals surface area contributed by atoms with Crippen LogP contribution in [0.5, 0.6) is 5.75 Å². The average molecular weight is 391 g/mol. The fraction of sp³-hybridized carbons (Fsp3) is 0.174. The second-order valence-electron chi connectivity index (χ2n) is 6.68. The van der Waals surface area contributed by atoms with E-state index in [1.807, 2.05) is 42.5 Å². The van der Waals surface area contributed by atoms with Gasteiger partial charge in [-0.15, -0.1) is 11.8 Å². The summed E-state index contributed by atoms with van der Waals surface area (Å²) in [4.78, 5) is 12.4. The van der Waals surface area contributed by atoms with Gasteiger partial charge < -0.3 is 14.5 Å². The minimum atomic E-state index is -0.0635. The largest absolute Gasteiger partial charge is 0.495 e. The van der Waals surface area contributed by atoms with Crippen molar-refractivity contribution in [1.82, 2.24) is 0 Å². The van der Waals surface area contributed by atoms with Gasteiger partial charge in [0.1, 0.15) is 16.9 Å². The van der Waals surface area contributed by atoms with Crippen LogP contribution in [0.15, 0.2) is 65.1 Å². The van der Waals surface area contributed by atoms with Gasteiger partial charge in [0.25, 0.3) is 0 Å². The van der Waals surface area contributed by atoms with Gasteiger partial charge in [-0.25, -0.2) is 0 Å². The number of fused-ring (bicyclic) bond motifs is 3. The number of anilines is 1. The molecule has 0 aliphatic heterocycles. The fourth-order valence-corrected chi connectivity index (χ4v) is 4.04. The van der Waals surface area contributed by atoms with E-state index >= 15 is 0 Å². The summed E-state index contributed by atoms with van der Waals surface area (Å²) in [5, 5.41) is 4.95. The van der Waals surface area contributed by atoms with Gasteiger partial charge in [-0.2, -0.15) is 0 Å². The first-order chi connectivity index (χ1) is 13.6. The van der Waals surface area contributed by atoms with E-state index in [9.17, 15) is 4.79 Å². The third-order valence-corrected chi connectivity index (χ3v) is 5.56. The van der Waals surface area contributed by atoms with Gasteiger partial charge in [0.2, 0.25) is 5.91 Å². The molecule has 142 valence electrons. The Kier molecular flexibility index (Phi) is 5.26. The minimum Gasteiger partial charge on any atom is -0.495 e. The van der Waals surface area contributed by atoms with E-state index in [0.717, 1.165) is 27.7 Å². The lowest BCUT2D eigenvalue weighted by Crippen LogP contribution is -2.14. The van der Waals surface area contributed by atoms with E-state index in [2.05, 4.69) is 30.4 Å². The number of amides is 1. The summed E-state index contributed by atoms with van der Waals surface area (Å²) in [6.07, 6.45) is 0. The first kappa shape index (κ1) is 18.4. The fourth-order valence-electron chi connectivity index (χ4n) is 3.27. The first-order valence-electron chi connectivity index (χ1n) is 9.06. The average Bonchev–Trinajstić information content (AvgIpc) is 3.04. The minimum absolute atomic E-state index is 0.0635. The summed E-state index contributed by atoms with van der Waals surface area (Å²) in [6, 6.07) is 19.9. The SMILES string of the molecule is COc1cc2c(cc1NC(=O)CSCc1cccc(C)c1)oc1ccccc12. The lowest BCUT2D eigenvalue weighted by molar-refractivity contribution is -0.113. The van der Waals surface area contributed by atoms with Gasteiger partial charge in [0, 0.05) is 22.6 Å². The van der Waals surface area contributed by atoms with Crippen molar-refractivity contribution in [1.29, 1.82) is 0 Å². The molecule has 4 aromatic rings. The van der Waals surface area contributed by atoms with Crippen molar-refractivity contribution in [3.05, 3.63) is 71.8 Å². The van der Waals surface area contributed by atoms with Gasteiger partial charge >= 0.3 is 0 Å². The molecule has 0 unspecified atom stereocenters. The highest BCUT2D eigenvalue weighted by atomic mass is 32.2. The normalized spacial score (nSPS) is 11.1. The molecule has 0 fully saturated rings. The van der Waals surface area contributed by atoms with E-state index in [1.165, 1.54) is 11.1 Å². The Hall–Kier alpha value is -2.92. The molecule has 0 atom stereocenters. The number of nitrogens with one attached hydrogen (secondary N) is 1. The first-order valence-corrected chi connectivity index (χ1v) is 10.2. The number of rotatable bonds is 6. The molecule has 0 saturated carbocycles. The van der Waals surface area contributed by atoms with E-state index in [0.29, 0.717) is 17.2 Å². The molecule has 3 aromatic carbocycles. The van der Waals surface area contributed by atoms with Crippen LogP contribution in [0, 0.1) is 6.92 Å². The number of benzene rings is 3. The van der Waals surface area contributed by atoms with Gasteiger partial charge in [0.05, 0.1) is 18.6 Å². The van der Waals surface area contributed by atoms with Gasteiger partial charge in [-0.05, 0) is 24.6 Å². The van der Waals surface area contributed by atoms with Crippen molar-refractivity contribution in [2.24, 2.45) is 0 Å². The number of methoxy groups -OCH3 is 1. The smallest absolute Gasteiger partial charge is 0.234 e. The van der Waals surface area contributed by atoms with Crippen molar-refractivity contribution >= 4 is 45.3 Å². The maximum Gasteiger partial charge on any atom is 0.234 e. The molecular weight excluding hydrogens is 370 g/mol. The zero-order valence-electron chi connectivity index (χ0n) is 15.8. The number of furan rings is 1. The van der Waals surface area contributed by atoms with Crippen LogP contribution >= 0.6 is 11.8 Å². The Morgan fingerprint density at radius 3 is 2.71 bits per heavy atom. The van der Waals surface area contributed by atoms with Crippen molar-refractivity contribution in [2.75, 3.05) is 18.2 Å². The summed E-state index contributed by atoms with van der Waals surface area (Å²) < 4.78 is 11.4. The van der Waals surface area contributed by atoms with E-state index in [1.54, 1.807) is 18.9 Å². The van der Waals surface area contributed by atoms with E-state index in [-0.39, 0.29) is 5.91 Å². The Bertz CT molecular complexity index is 1150. The summed E-state index contributed by atoms with van der Waals surface area (Å²) in [5.41, 5.74) is 4.61. The molecule has 1 heterocycles. The zero-order chi connectivity index (χ0) is 19.5. The molecule has 0 aliphatic carbocycles. The van der Waals surface area contributed by atoms with Crippen LogP contribution in [0.3, 0.4) is 0 Å². The molecule has 4 nitrogen and oxygen atoms in total. The predicted octanol–water partition coefficient (Wildman–Crippen LogP) is 5.77. The second-order valence-corrected chi connectivity index (χ2v) is 7.66. The number of hydrogen-bond donors (Lipinski definition) is 1. The molecule has 5 heteroatoms. The van der Waals surface area contributed by atoms with Gasteiger partial charge in [-0.3, -0.25) is 4.79 Å². The summed E-state index contributed by atoms with van der Waals surface area (Å²) in [5.74, 6) is 1.73. The topological polar surface area (TPSA) is 51.5 Å². The number of thioether (sulfide) groups is 1. The molecule has 0 radical (unpaired) electrons. The Balaban J connectivity index is 1.48. The van der Waals surface area contributed by atoms with Gasteiger partial charge in [0.15, 0.2) is 0 Å². The predicted molar refractivity (Wildman–Crippen MR) is 116 cm³/mol. The molecule has 0 spiro atoms. The molecule has 28 heavy (non-hydrogen) atoms. The molecule has 0 aliphatic rings. The Labute approximate surface area is 167 Å². The number of hydrogen-bond acceptors (Lipinski definition) is 4. The van der Waals surface area contributed by atoms with E-state index < -0.39 is 0 Å². The van der Waals surface area contributed by atoms with Crippen LogP contribution in [0.2, 0.25) is 0 Å².